The quantitative estimate of drug-likeness (QED) is 0.0261. The van der Waals surface area contributed by atoms with Crippen LogP contribution in [0.1, 0.15) is 265 Å². The number of hydrogen-bond acceptors (Lipinski definition) is 6. The van der Waals surface area contributed by atoms with Crippen LogP contribution in [0.15, 0.2) is 146 Å². The molecule has 0 radical (unpaired) electrons. The van der Waals surface area contributed by atoms with Gasteiger partial charge in [0, 0.05) is 19.3 Å². The Morgan fingerprint density at radius 2 is 0.506 bits per heavy atom. The lowest BCUT2D eigenvalue weighted by Gasteiger charge is -2.18. The van der Waals surface area contributed by atoms with E-state index in [0.717, 1.165) is 161 Å². The van der Waals surface area contributed by atoms with E-state index in [1.807, 2.05) is 0 Å². The van der Waals surface area contributed by atoms with Crippen molar-refractivity contribution in [3.05, 3.63) is 146 Å². The molecule has 6 nitrogen and oxygen atoms in total. The number of allylic oxidation sites excluding steroid dienone is 24. The van der Waals surface area contributed by atoms with Gasteiger partial charge >= 0.3 is 17.9 Å². The largest absolute Gasteiger partial charge is 0.462 e. The molecule has 1 atom stereocenters. The molecule has 434 valence electrons. The highest BCUT2D eigenvalue weighted by molar-refractivity contribution is 5.71. The van der Waals surface area contributed by atoms with Gasteiger partial charge in [-0.1, -0.05) is 244 Å². The van der Waals surface area contributed by atoms with Crippen molar-refractivity contribution >= 4 is 17.9 Å². The van der Waals surface area contributed by atoms with Crippen LogP contribution in [0.5, 0.6) is 0 Å². The molecule has 0 saturated carbocycles. The number of rotatable bonds is 55. The fourth-order valence-corrected chi connectivity index (χ4v) is 8.11. The molecule has 6 heteroatoms. The average molecular weight is 1060 g/mol. The first kappa shape index (κ1) is 72.3. The summed E-state index contributed by atoms with van der Waals surface area (Å²) in [5.41, 5.74) is 0. The van der Waals surface area contributed by atoms with Crippen molar-refractivity contribution in [3.8, 4) is 0 Å². The Balaban J connectivity index is 4.39. The predicted molar refractivity (Wildman–Crippen MR) is 334 cm³/mol. The summed E-state index contributed by atoms with van der Waals surface area (Å²) in [5, 5.41) is 0. The molecule has 0 fully saturated rings. The van der Waals surface area contributed by atoms with Crippen LogP contribution in [0.4, 0.5) is 0 Å². The average Bonchev–Trinajstić information content (AvgIpc) is 3.43. The first-order valence-corrected chi connectivity index (χ1v) is 31.3. The summed E-state index contributed by atoms with van der Waals surface area (Å²) in [5.74, 6) is -0.963. The van der Waals surface area contributed by atoms with E-state index < -0.39 is 6.10 Å². The summed E-state index contributed by atoms with van der Waals surface area (Å²) in [6.45, 7) is 6.43. The minimum absolute atomic E-state index is 0.103. The molecule has 0 aromatic carbocycles. The summed E-state index contributed by atoms with van der Waals surface area (Å²) < 4.78 is 16.8. The number of unbranched alkanes of at least 4 members (excludes halogenated alkanes) is 20. The monoisotopic (exact) mass is 1060 g/mol. The first-order valence-electron chi connectivity index (χ1n) is 31.3. The zero-order valence-corrected chi connectivity index (χ0v) is 49.7. The smallest absolute Gasteiger partial charge is 0.306 e. The SMILES string of the molecule is CC/C=C\C/C=C\C/C=C\C/C=C\C/C=C\C/C=C\C/C=C\C/C=C\C/C=C\CCCCCC(=O)OCC(COC(=O)CCCCCCC/C=C\CCCCC)OC(=O)CCCCCCC/C=C\C/C=C\CCCCCC. The van der Waals surface area contributed by atoms with E-state index in [9.17, 15) is 14.4 Å². The van der Waals surface area contributed by atoms with Gasteiger partial charge < -0.3 is 14.2 Å². The maximum absolute atomic E-state index is 12.9. The highest BCUT2D eigenvalue weighted by Gasteiger charge is 2.19. The summed E-state index contributed by atoms with van der Waals surface area (Å²) in [7, 11) is 0. The molecular weight excluding hydrogens is 949 g/mol. The molecule has 0 bridgehead atoms. The summed E-state index contributed by atoms with van der Waals surface area (Å²) in [6.07, 6.45) is 91.3. The standard InChI is InChI=1S/C71H114O6/c1-4-7-10-13-16-19-22-25-27-29-30-31-32-33-34-35-36-37-38-39-40-41-42-43-45-46-49-52-55-58-61-64-70(73)76-67-68(66-75-69(72)63-60-57-54-51-48-24-21-18-15-12-9-6-3)77-71(74)65-62-59-56-53-50-47-44-28-26-23-20-17-14-11-8-5-2/h7,10,16,18-21,23,25,27-28,30-31,33-34,36-37,39-40,42-44,46,49,68H,4-6,8-9,11-15,17,22,24,26,29,32,35,38,41,45,47-48,50-67H2,1-3H3/b10-7-,19-16-,21-18-,23-20-,27-25-,31-30-,34-33-,37-36-,40-39-,43-42-,44-28-,49-46-. The minimum Gasteiger partial charge on any atom is -0.462 e. The molecule has 0 N–H and O–H groups in total. The van der Waals surface area contributed by atoms with Crippen molar-refractivity contribution in [3.63, 3.8) is 0 Å². The highest BCUT2D eigenvalue weighted by atomic mass is 16.6. The van der Waals surface area contributed by atoms with Crippen LogP contribution in [0, 0.1) is 0 Å². The molecule has 0 rings (SSSR count). The summed E-state index contributed by atoms with van der Waals surface area (Å²) in [6, 6.07) is 0. The molecule has 0 saturated heterocycles. The third-order valence-corrected chi connectivity index (χ3v) is 12.8. The van der Waals surface area contributed by atoms with Crippen LogP contribution in [0.3, 0.4) is 0 Å². The Kier molecular flexibility index (Phi) is 59.9. The Bertz CT molecular complexity index is 1700. The second kappa shape index (κ2) is 63.8. The van der Waals surface area contributed by atoms with Gasteiger partial charge in [-0.05, 0) is 148 Å². The Hall–Kier alpha value is -4.71. The van der Waals surface area contributed by atoms with Crippen LogP contribution in [0.2, 0.25) is 0 Å². The Labute approximate surface area is 474 Å². The third-order valence-electron chi connectivity index (χ3n) is 12.8. The minimum atomic E-state index is -0.809. The predicted octanol–water partition coefficient (Wildman–Crippen LogP) is 21.5. The van der Waals surface area contributed by atoms with Gasteiger partial charge in [0.05, 0.1) is 0 Å². The fraction of sp³-hybridized carbons (Fsp3) is 0.620. The van der Waals surface area contributed by atoms with E-state index in [4.69, 9.17) is 14.2 Å². The molecule has 0 aromatic heterocycles. The van der Waals surface area contributed by atoms with E-state index in [1.54, 1.807) is 0 Å². The molecule has 0 aliphatic heterocycles. The van der Waals surface area contributed by atoms with Crippen LogP contribution in [-0.4, -0.2) is 37.2 Å². The Morgan fingerprint density at radius 3 is 0.844 bits per heavy atom. The summed E-state index contributed by atoms with van der Waals surface area (Å²) >= 11 is 0. The first-order chi connectivity index (χ1) is 38.0. The van der Waals surface area contributed by atoms with Crippen molar-refractivity contribution < 1.29 is 28.6 Å². The zero-order valence-electron chi connectivity index (χ0n) is 49.7. The van der Waals surface area contributed by atoms with Crippen LogP contribution < -0.4 is 0 Å². The van der Waals surface area contributed by atoms with Crippen molar-refractivity contribution in [1.82, 2.24) is 0 Å². The van der Waals surface area contributed by atoms with Gasteiger partial charge in [-0.15, -0.1) is 0 Å². The highest BCUT2D eigenvalue weighted by Crippen LogP contribution is 2.13. The second-order valence-electron chi connectivity index (χ2n) is 20.2. The number of esters is 3. The van der Waals surface area contributed by atoms with E-state index in [2.05, 4.69) is 167 Å². The second-order valence-corrected chi connectivity index (χ2v) is 20.2. The molecule has 0 aromatic rings. The molecule has 77 heavy (non-hydrogen) atoms. The van der Waals surface area contributed by atoms with E-state index >= 15 is 0 Å². The molecule has 0 aliphatic rings. The number of carbonyl (C=O) groups excluding carboxylic acids is 3. The normalized spacial score (nSPS) is 13.1. The maximum atomic E-state index is 12.9. The van der Waals surface area contributed by atoms with E-state index in [0.29, 0.717) is 19.3 Å². The van der Waals surface area contributed by atoms with Crippen molar-refractivity contribution in [2.75, 3.05) is 13.2 Å². The molecule has 0 spiro atoms. The molecular formula is C71H114O6. The lowest BCUT2D eigenvalue weighted by atomic mass is 10.1. The van der Waals surface area contributed by atoms with Gasteiger partial charge in [-0.3, -0.25) is 14.4 Å². The number of hydrogen-bond donors (Lipinski definition) is 0. The number of ether oxygens (including phenoxy) is 3. The van der Waals surface area contributed by atoms with Gasteiger partial charge in [0.1, 0.15) is 13.2 Å². The van der Waals surface area contributed by atoms with E-state index in [1.165, 1.54) is 64.2 Å². The summed E-state index contributed by atoms with van der Waals surface area (Å²) in [4.78, 5) is 38.2. The lowest BCUT2D eigenvalue weighted by Crippen LogP contribution is -2.30. The number of carbonyl (C=O) groups is 3. The maximum Gasteiger partial charge on any atom is 0.306 e. The topological polar surface area (TPSA) is 78.9 Å². The fourth-order valence-electron chi connectivity index (χ4n) is 8.11. The van der Waals surface area contributed by atoms with Gasteiger partial charge in [0.15, 0.2) is 6.10 Å². The van der Waals surface area contributed by atoms with E-state index in [-0.39, 0.29) is 31.1 Å². The third kappa shape index (κ3) is 62.0. The van der Waals surface area contributed by atoms with Crippen LogP contribution >= 0.6 is 0 Å². The molecule has 1 unspecified atom stereocenters. The lowest BCUT2D eigenvalue weighted by molar-refractivity contribution is -0.167. The van der Waals surface area contributed by atoms with Crippen LogP contribution in [0.25, 0.3) is 0 Å². The molecule has 0 heterocycles. The van der Waals surface area contributed by atoms with Crippen molar-refractivity contribution in [1.29, 1.82) is 0 Å². The molecule has 0 amide bonds. The van der Waals surface area contributed by atoms with Gasteiger partial charge in [0.25, 0.3) is 0 Å². The molecule has 0 aliphatic carbocycles. The van der Waals surface area contributed by atoms with Gasteiger partial charge in [-0.25, -0.2) is 0 Å². The van der Waals surface area contributed by atoms with Gasteiger partial charge in [0.2, 0.25) is 0 Å². The zero-order chi connectivity index (χ0) is 55.7. The van der Waals surface area contributed by atoms with Gasteiger partial charge in [-0.2, -0.15) is 0 Å². The van der Waals surface area contributed by atoms with Crippen molar-refractivity contribution in [2.45, 2.75) is 271 Å². The Morgan fingerprint density at radius 1 is 0.273 bits per heavy atom. The van der Waals surface area contributed by atoms with Crippen LogP contribution in [-0.2, 0) is 28.6 Å². The van der Waals surface area contributed by atoms with Crippen molar-refractivity contribution in [2.24, 2.45) is 0 Å².